The quantitative estimate of drug-likeness (QED) is 0.165. The Morgan fingerprint density at radius 1 is 1.12 bits per heavy atom. The molecule has 10 N–H and O–H groups in total. The number of aliphatic hydroxyl groups is 4. The van der Waals surface area contributed by atoms with Crippen LogP contribution >= 0.6 is 0 Å². The van der Waals surface area contributed by atoms with Crippen molar-refractivity contribution in [2.24, 2.45) is 11.5 Å². The fourth-order valence-electron chi connectivity index (χ4n) is 3.01. The summed E-state index contributed by atoms with van der Waals surface area (Å²) in [6.07, 6.45) is -6.85. The summed E-state index contributed by atoms with van der Waals surface area (Å²) in [6.45, 7) is 0.476. The summed E-state index contributed by atoms with van der Waals surface area (Å²) in [5, 5.41) is 43.6. The van der Waals surface area contributed by atoms with Gasteiger partial charge in [-0.15, -0.1) is 0 Å². The lowest BCUT2D eigenvalue weighted by Crippen LogP contribution is -2.60. The minimum absolute atomic E-state index is 0.144. The molecule has 0 aromatic heterocycles. The van der Waals surface area contributed by atoms with E-state index in [1.165, 1.54) is 19.1 Å². The van der Waals surface area contributed by atoms with E-state index in [1.807, 2.05) is 0 Å². The van der Waals surface area contributed by atoms with Crippen LogP contribution in [0.4, 0.5) is 0 Å². The molecule has 1 saturated heterocycles. The second-order valence-electron chi connectivity index (χ2n) is 7.68. The van der Waals surface area contributed by atoms with Gasteiger partial charge in [0.2, 0.25) is 24.0 Å². The van der Waals surface area contributed by atoms with Gasteiger partial charge in [0.15, 0.2) is 0 Å². The Kier molecular flexibility index (Phi) is 9.52. The van der Waals surface area contributed by atoms with Crippen LogP contribution in [0.5, 0.6) is 5.75 Å². The highest BCUT2D eigenvalue weighted by Gasteiger charge is 2.44. The van der Waals surface area contributed by atoms with Gasteiger partial charge in [0, 0.05) is 0 Å². The lowest BCUT2D eigenvalue weighted by molar-refractivity contribution is -0.277. The van der Waals surface area contributed by atoms with Gasteiger partial charge in [-0.05, 0) is 31.0 Å². The third kappa shape index (κ3) is 7.35. The lowest BCUT2D eigenvalue weighted by Gasteiger charge is -2.39. The van der Waals surface area contributed by atoms with Gasteiger partial charge in [-0.25, -0.2) is 0 Å². The number of hydrogen-bond acceptors (Lipinski definition) is 10. The predicted molar refractivity (Wildman–Crippen MR) is 112 cm³/mol. The molecule has 1 aliphatic rings. The molecule has 0 unspecified atom stereocenters. The van der Waals surface area contributed by atoms with E-state index in [-0.39, 0.29) is 18.7 Å². The number of benzene rings is 1. The number of hydrogen-bond donors (Lipinski definition) is 8. The van der Waals surface area contributed by atoms with Crippen molar-refractivity contribution in [2.45, 2.75) is 56.1 Å². The molecule has 1 aromatic carbocycles. The molecule has 0 aliphatic carbocycles. The Hall–Kier alpha value is -2.81. The van der Waals surface area contributed by atoms with Crippen LogP contribution in [0.25, 0.3) is 0 Å². The van der Waals surface area contributed by atoms with E-state index in [4.69, 9.17) is 20.9 Å². The maximum atomic E-state index is 12.1. The first-order chi connectivity index (χ1) is 15.5. The molecule has 1 aromatic rings. The highest BCUT2D eigenvalue weighted by Crippen LogP contribution is 2.24. The molecule has 33 heavy (non-hydrogen) atoms. The van der Waals surface area contributed by atoms with Crippen molar-refractivity contribution in [2.75, 3.05) is 13.2 Å². The minimum atomic E-state index is -1.56. The van der Waals surface area contributed by atoms with Crippen molar-refractivity contribution in [3.05, 3.63) is 29.8 Å². The summed E-state index contributed by atoms with van der Waals surface area (Å²) in [5.41, 5.74) is 11.6. The summed E-state index contributed by atoms with van der Waals surface area (Å²) in [4.78, 5) is 34.7. The van der Waals surface area contributed by atoms with E-state index in [0.717, 1.165) is 0 Å². The molecule has 3 amide bonds. The Bertz CT molecular complexity index is 820. The van der Waals surface area contributed by atoms with Crippen LogP contribution in [0.1, 0.15) is 12.5 Å². The molecule has 13 nitrogen and oxygen atoms in total. The Balaban J connectivity index is 1.85. The van der Waals surface area contributed by atoms with Gasteiger partial charge in [-0.1, -0.05) is 12.1 Å². The van der Waals surface area contributed by atoms with Gasteiger partial charge < -0.3 is 52.0 Å². The summed E-state index contributed by atoms with van der Waals surface area (Å²) in [6, 6.07) is 4.47. The van der Waals surface area contributed by atoms with Gasteiger partial charge in [0.1, 0.15) is 36.2 Å². The highest BCUT2D eigenvalue weighted by atomic mass is 16.7. The number of amides is 3. The monoisotopic (exact) mass is 470 g/mol. The molecule has 1 aliphatic heterocycles. The van der Waals surface area contributed by atoms with Gasteiger partial charge in [0.25, 0.3) is 0 Å². The smallest absolute Gasteiger partial charge is 0.240 e. The summed E-state index contributed by atoms with van der Waals surface area (Å²) in [5.74, 6) is -1.60. The first-order valence-corrected chi connectivity index (χ1v) is 10.2. The number of aliphatic hydroxyl groups excluding tert-OH is 4. The molecule has 0 saturated carbocycles. The maximum Gasteiger partial charge on any atom is 0.240 e. The normalized spacial score (nSPS) is 26.7. The number of carbonyl (C=O) groups excluding carboxylic acids is 3. The van der Waals surface area contributed by atoms with Crippen molar-refractivity contribution >= 4 is 17.7 Å². The minimum Gasteiger partial charge on any atom is -0.462 e. The first-order valence-electron chi connectivity index (χ1n) is 10.2. The van der Waals surface area contributed by atoms with Crippen LogP contribution < -0.4 is 26.8 Å². The zero-order valence-electron chi connectivity index (χ0n) is 18.0. The number of nitrogens with two attached hydrogens (primary N) is 2. The number of primary amides is 1. The Labute approximate surface area is 189 Å². The SMILES string of the molecule is C[C@H](NC(=O)CNC(=O)[C@@H](N)Cc1ccc(O[C@@H]2O[C@H](CO)[C@@H](O)[C@H](O)[C@H]2O)cc1)C(N)=O. The Morgan fingerprint density at radius 3 is 2.33 bits per heavy atom. The zero-order chi connectivity index (χ0) is 24.7. The van der Waals surface area contributed by atoms with Crippen molar-refractivity contribution in [3.63, 3.8) is 0 Å². The van der Waals surface area contributed by atoms with Crippen LogP contribution in [0.3, 0.4) is 0 Å². The van der Waals surface area contributed by atoms with Crippen molar-refractivity contribution in [1.29, 1.82) is 0 Å². The summed E-state index contributed by atoms with van der Waals surface area (Å²) >= 11 is 0. The number of carbonyl (C=O) groups is 3. The molecular weight excluding hydrogens is 440 g/mol. The van der Waals surface area contributed by atoms with E-state index < -0.39 is 67.1 Å². The average Bonchev–Trinajstić information content (AvgIpc) is 2.78. The van der Waals surface area contributed by atoms with E-state index in [2.05, 4.69) is 10.6 Å². The van der Waals surface area contributed by atoms with Crippen LogP contribution in [-0.4, -0.2) is 94.1 Å². The second kappa shape index (κ2) is 11.9. The summed E-state index contributed by atoms with van der Waals surface area (Å²) < 4.78 is 10.8. The van der Waals surface area contributed by atoms with Gasteiger partial charge in [0.05, 0.1) is 19.2 Å². The highest BCUT2D eigenvalue weighted by molar-refractivity contribution is 5.90. The van der Waals surface area contributed by atoms with Crippen LogP contribution in [0.15, 0.2) is 24.3 Å². The molecule has 2 rings (SSSR count). The van der Waals surface area contributed by atoms with Crippen molar-refractivity contribution < 1.29 is 44.3 Å². The van der Waals surface area contributed by atoms with Crippen LogP contribution in [0.2, 0.25) is 0 Å². The third-order valence-electron chi connectivity index (χ3n) is 5.04. The molecular formula is C20H30N4O9. The maximum absolute atomic E-state index is 12.1. The van der Waals surface area contributed by atoms with Crippen LogP contribution in [-0.2, 0) is 25.5 Å². The fourth-order valence-corrected chi connectivity index (χ4v) is 3.01. The molecule has 0 spiro atoms. The standard InChI is InChI=1S/C20H30N4O9/c1-9(18(22)30)24-14(26)7-23-19(31)12(21)6-10-2-4-11(5-3-10)32-20-17(29)16(28)15(27)13(8-25)33-20/h2-5,9,12-13,15-17,20,25,27-29H,6-8,21H2,1H3,(H2,22,30)(H,23,31)(H,24,26)/t9-,12-,13+,15+,16-,17+,20+/m0/s1. The second-order valence-corrected chi connectivity index (χ2v) is 7.68. The zero-order valence-corrected chi connectivity index (χ0v) is 18.0. The molecule has 0 bridgehead atoms. The first kappa shape index (κ1) is 26.4. The third-order valence-corrected chi connectivity index (χ3v) is 5.04. The average molecular weight is 470 g/mol. The van der Waals surface area contributed by atoms with Gasteiger partial charge in [-0.2, -0.15) is 0 Å². The number of rotatable bonds is 10. The molecule has 184 valence electrons. The lowest BCUT2D eigenvalue weighted by atomic mass is 9.99. The number of ether oxygens (including phenoxy) is 2. The Morgan fingerprint density at radius 2 is 1.76 bits per heavy atom. The van der Waals surface area contributed by atoms with E-state index >= 15 is 0 Å². The van der Waals surface area contributed by atoms with E-state index in [9.17, 15) is 34.8 Å². The van der Waals surface area contributed by atoms with E-state index in [1.54, 1.807) is 12.1 Å². The van der Waals surface area contributed by atoms with Crippen LogP contribution in [0, 0.1) is 0 Å². The predicted octanol–water partition coefficient (Wildman–Crippen LogP) is -4.16. The van der Waals surface area contributed by atoms with Gasteiger partial charge in [-0.3, -0.25) is 14.4 Å². The van der Waals surface area contributed by atoms with Crippen molar-refractivity contribution in [1.82, 2.24) is 10.6 Å². The molecule has 1 heterocycles. The number of nitrogens with one attached hydrogen (secondary N) is 2. The van der Waals surface area contributed by atoms with Gasteiger partial charge >= 0.3 is 0 Å². The topological polar surface area (TPSA) is 227 Å². The largest absolute Gasteiger partial charge is 0.462 e. The molecule has 13 heteroatoms. The molecule has 1 fully saturated rings. The van der Waals surface area contributed by atoms with Crippen molar-refractivity contribution in [3.8, 4) is 5.75 Å². The summed E-state index contributed by atoms with van der Waals surface area (Å²) in [7, 11) is 0. The fraction of sp³-hybridized carbons (Fsp3) is 0.550. The molecule has 7 atom stereocenters. The van der Waals surface area contributed by atoms with E-state index in [0.29, 0.717) is 5.56 Å². The molecule has 0 radical (unpaired) electrons.